The number of halogens is 1. The van der Waals surface area contributed by atoms with Gasteiger partial charge in [-0.2, -0.15) is 0 Å². The first kappa shape index (κ1) is 13.8. The molecule has 1 heterocycles. The number of carbonyl (C=O) groups is 1. The summed E-state index contributed by atoms with van der Waals surface area (Å²) in [4.78, 5) is 13.8. The van der Waals surface area contributed by atoms with Gasteiger partial charge in [-0.1, -0.05) is 12.1 Å². The summed E-state index contributed by atoms with van der Waals surface area (Å²) in [5, 5.41) is 0. The molecule has 1 aliphatic rings. The van der Waals surface area contributed by atoms with Crippen molar-refractivity contribution < 1.29 is 18.7 Å². The summed E-state index contributed by atoms with van der Waals surface area (Å²) < 4.78 is 24.1. The van der Waals surface area contributed by atoms with Crippen LogP contribution in [-0.4, -0.2) is 35.8 Å². The van der Waals surface area contributed by atoms with E-state index in [2.05, 4.69) is 0 Å². The first-order valence-electron chi connectivity index (χ1n) is 6.23. The van der Waals surface area contributed by atoms with Crippen LogP contribution in [0.25, 0.3) is 0 Å². The van der Waals surface area contributed by atoms with Crippen molar-refractivity contribution in [3.05, 3.63) is 30.1 Å². The molecule has 0 spiro atoms. The topological polar surface area (TPSA) is 38.8 Å². The maximum absolute atomic E-state index is 13.4. The summed E-state index contributed by atoms with van der Waals surface area (Å²) in [6.45, 7) is 5.96. The minimum Gasteiger partial charge on any atom is -0.481 e. The van der Waals surface area contributed by atoms with E-state index < -0.39 is 5.82 Å². The Kier molecular flexibility index (Phi) is 3.75. The number of amides is 1. The predicted molar refractivity (Wildman–Crippen MR) is 68.2 cm³/mol. The number of benzene rings is 1. The van der Waals surface area contributed by atoms with Crippen LogP contribution >= 0.6 is 0 Å². The summed E-state index contributed by atoms with van der Waals surface area (Å²) >= 11 is 0. The monoisotopic (exact) mass is 267 g/mol. The van der Waals surface area contributed by atoms with Crippen LogP contribution in [0.3, 0.4) is 0 Å². The van der Waals surface area contributed by atoms with Crippen LogP contribution < -0.4 is 4.74 Å². The van der Waals surface area contributed by atoms with Gasteiger partial charge in [-0.3, -0.25) is 4.79 Å². The predicted octanol–water partition coefficient (Wildman–Crippen LogP) is 2.19. The van der Waals surface area contributed by atoms with Crippen LogP contribution in [0, 0.1) is 5.82 Å². The number of ether oxygens (including phenoxy) is 2. The molecular weight excluding hydrogens is 249 g/mol. The summed E-state index contributed by atoms with van der Waals surface area (Å²) in [6, 6.07) is 6.03. The molecule has 0 aromatic heterocycles. The first-order chi connectivity index (χ1) is 8.92. The van der Waals surface area contributed by atoms with Crippen LogP contribution in [0.5, 0.6) is 5.75 Å². The van der Waals surface area contributed by atoms with Crippen molar-refractivity contribution in [2.75, 3.05) is 13.2 Å². The fourth-order valence-electron chi connectivity index (χ4n) is 2.27. The second kappa shape index (κ2) is 5.17. The van der Waals surface area contributed by atoms with Gasteiger partial charge >= 0.3 is 0 Å². The number of nitrogens with zero attached hydrogens (tertiary/aromatic N) is 1. The minimum atomic E-state index is -0.472. The van der Waals surface area contributed by atoms with Crippen molar-refractivity contribution in [1.82, 2.24) is 4.90 Å². The van der Waals surface area contributed by atoms with E-state index in [1.807, 2.05) is 20.8 Å². The standard InChI is InChI=1S/C14H18FNO3/c1-10-16(14(2,3)9-19-10)13(17)8-18-12-7-5-4-6-11(12)15/h4-7,10H,8-9H2,1-3H3. The molecule has 1 unspecified atom stereocenters. The normalized spacial score (nSPS) is 21.5. The molecule has 104 valence electrons. The molecule has 0 radical (unpaired) electrons. The molecule has 19 heavy (non-hydrogen) atoms. The van der Waals surface area contributed by atoms with Gasteiger partial charge in [0.25, 0.3) is 5.91 Å². The summed E-state index contributed by atoms with van der Waals surface area (Å²) in [7, 11) is 0. The van der Waals surface area contributed by atoms with Gasteiger partial charge in [-0.25, -0.2) is 4.39 Å². The van der Waals surface area contributed by atoms with Crippen LogP contribution in [0.1, 0.15) is 20.8 Å². The second-order valence-corrected chi connectivity index (χ2v) is 5.21. The molecule has 0 saturated carbocycles. The molecule has 2 rings (SSSR count). The smallest absolute Gasteiger partial charge is 0.263 e. The van der Waals surface area contributed by atoms with Crippen molar-refractivity contribution in [2.24, 2.45) is 0 Å². The molecule has 1 aromatic carbocycles. The average molecular weight is 267 g/mol. The van der Waals surface area contributed by atoms with E-state index >= 15 is 0 Å². The number of para-hydroxylation sites is 1. The highest BCUT2D eigenvalue weighted by atomic mass is 19.1. The SMILES string of the molecule is CC1OCC(C)(C)N1C(=O)COc1ccccc1F. The molecule has 1 saturated heterocycles. The van der Waals surface area contributed by atoms with E-state index in [1.54, 1.807) is 17.0 Å². The average Bonchev–Trinajstić information content (AvgIpc) is 2.62. The molecule has 0 bridgehead atoms. The molecular formula is C14H18FNO3. The van der Waals surface area contributed by atoms with Crippen LogP contribution in [-0.2, 0) is 9.53 Å². The summed E-state index contributed by atoms with van der Waals surface area (Å²) in [6.07, 6.45) is -0.285. The quantitative estimate of drug-likeness (QED) is 0.842. The van der Waals surface area contributed by atoms with Gasteiger partial charge in [0.15, 0.2) is 18.2 Å². The van der Waals surface area contributed by atoms with E-state index in [0.717, 1.165) is 0 Å². The molecule has 0 aliphatic carbocycles. The lowest BCUT2D eigenvalue weighted by Gasteiger charge is -2.31. The molecule has 5 heteroatoms. The van der Waals surface area contributed by atoms with Crippen LogP contribution in [0.2, 0.25) is 0 Å². The van der Waals surface area contributed by atoms with E-state index in [0.29, 0.717) is 6.61 Å². The summed E-state index contributed by atoms with van der Waals surface area (Å²) in [5.74, 6) is -0.597. The lowest BCUT2D eigenvalue weighted by atomic mass is 10.1. The largest absolute Gasteiger partial charge is 0.481 e. The highest BCUT2D eigenvalue weighted by molar-refractivity contribution is 5.79. The minimum absolute atomic E-state index is 0.0847. The molecule has 1 fully saturated rings. The van der Waals surface area contributed by atoms with Crippen molar-refractivity contribution >= 4 is 5.91 Å². The Balaban J connectivity index is 2.00. The summed E-state index contributed by atoms with van der Waals surface area (Å²) in [5.41, 5.74) is -0.366. The van der Waals surface area contributed by atoms with Gasteiger partial charge in [0.05, 0.1) is 12.1 Å². The Morgan fingerprint density at radius 2 is 2.21 bits per heavy atom. The van der Waals surface area contributed by atoms with E-state index in [4.69, 9.17) is 9.47 Å². The van der Waals surface area contributed by atoms with Crippen molar-refractivity contribution in [3.8, 4) is 5.75 Å². The highest BCUT2D eigenvalue weighted by Crippen LogP contribution is 2.27. The number of rotatable bonds is 3. The first-order valence-corrected chi connectivity index (χ1v) is 6.23. The second-order valence-electron chi connectivity index (χ2n) is 5.21. The van der Waals surface area contributed by atoms with Crippen molar-refractivity contribution in [2.45, 2.75) is 32.5 Å². The van der Waals surface area contributed by atoms with Crippen LogP contribution in [0.4, 0.5) is 4.39 Å². The Morgan fingerprint density at radius 3 is 2.79 bits per heavy atom. The fourth-order valence-corrected chi connectivity index (χ4v) is 2.27. The Hall–Kier alpha value is -1.62. The number of carbonyl (C=O) groups excluding carboxylic acids is 1. The molecule has 0 N–H and O–H groups in total. The van der Waals surface area contributed by atoms with E-state index in [9.17, 15) is 9.18 Å². The van der Waals surface area contributed by atoms with E-state index in [1.165, 1.54) is 12.1 Å². The van der Waals surface area contributed by atoms with Crippen molar-refractivity contribution in [3.63, 3.8) is 0 Å². The van der Waals surface area contributed by atoms with Gasteiger partial charge in [-0.15, -0.1) is 0 Å². The molecule has 4 nitrogen and oxygen atoms in total. The maximum atomic E-state index is 13.4. The lowest BCUT2D eigenvalue weighted by molar-refractivity contribution is -0.141. The van der Waals surface area contributed by atoms with Crippen molar-refractivity contribution in [1.29, 1.82) is 0 Å². The fraction of sp³-hybridized carbons (Fsp3) is 0.500. The van der Waals surface area contributed by atoms with Gasteiger partial charge < -0.3 is 14.4 Å². The molecule has 1 aliphatic heterocycles. The molecule has 1 atom stereocenters. The van der Waals surface area contributed by atoms with Gasteiger partial charge in [0.2, 0.25) is 0 Å². The third kappa shape index (κ3) is 2.87. The third-order valence-corrected chi connectivity index (χ3v) is 3.15. The zero-order chi connectivity index (χ0) is 14.0. The molecule has 1 amide bonds. The highest BCUT2D eigenvalue weighted by Gasteiger charge is 2.41. The van der Waals surface area contributed by atoms with E-state index in [-0.39, 0.29) is 30.0 Å². The van der Waals surface area contributed by atoms with Gasteiger partial charge in [0, 0.05) is 0 Å². The third-order valence-electron chi connectivity index (χ3n) is 3.15. The zero-order valence-electron chi connectivity index (χ0n) is 11.4. The van der Waals surface area contributed by atoms with Gasteiger partial charge in [0.1, 0.15) is 6.23 Å². The van der Waals surface area contributed by atoms with Crippen LogP contribution in [0.15, 0.2) is 24.3 Å². The maximum Gasteiger partial charge on any atom is 0.263 e. The lowest BCUT2D eigenvalue weighted by Crippen LogP contribution is -2.49. The number of hydrogen-bond donors (Lipinski definition) is 0. The Morgan fingerprint density at radius 1 is 1.53 bits per heavy atom. The number of hydrogen-bond acceptors (Lipinski definition) is 3. The van der Waals surface area contributed by atoms with Gasteiger partial charge in [-0.05, 0) is 32.9 Å². The Bertz CT molecular complexity index is 476. The zero-order valence-corrected chi connectivity index (χ0v) is 11.4. The molecule has 1 aromatic rings. The Labute approximate surface area is 112 Å².